The van der Waals surface area contributed by atoms with E-state index >= 15 is 0 Å². The Balaban J connectivity index is 1.73. The number of hydrogen-bond acceptors (Lipinski definition) is 10. The average Bonchev–Trinajstić information content (AvgIpc) is 3.18. The number of piperidine rings is 1. The molecule has 0 unspecified atom stereocenters. The molecule has 3 rings (SSSR count). The molecule has 2 aromatic rings. The first-order valence-corrected chi connectivity index (χ1v) is 19.7. The predicted octanol–water partition coefficient (Wildman–Crippen LogP) is 1.13. The van der Waals surface area contributed by atoms with Crippen LogP contribution >= 0.6 is 0 Å². The molecule has 1 heterocycles. The first-order valence-electron chi connectivity index (χ1n) is 19.7. The van der Waals surface area contributed by atoms with Crippen molar-refractivity contribution in [2.75, 3.05) is 53.1 Å². The summed E-state index contributed by atoms with van der Waals surface area (Å²) in [6.07, 6.45) is 2.53. The van der Waals surface area contributed by atoms with Crippen molar-refractivity contribution in [2.45, 2.75) is 94.9 Å². The zero-order valence-corrected chi connectivity index (χ0v) is 33.2. The van der Waals surface area contributed by atoms with Gasteiger partial charge in [0.1, 0.15) is 23.7 Å². The molecule has 0 radical (unpaired) electrons. The molecule has 4 atom stereocenters. The lowest BCUT2D eigenvalue weighted by atomic mass is 9.88. The number of methoxy groups -OCH3 is 1. The number of nitrogens with two attached hydrogens (primary N) is 2. The number of nitrogens with zero attached hydrogens (tertiary/aromatic N) is 1. The van der Waals surface area contributed by atoms with Crippen LogP contribution in [0.25, 0.3) is 0 Å². The summed E-state index contributed by atoms with van der Waals surface area (Å²) in [6.45, 7) is 7.02. The van der Waals surface area contributed by atoms with E-state index < -0.39 is 53.4 Å². The number of carboxylic acids is 1. The number of carboxylic acid groups (broad SMARTS) is 1. The Morgan fingerprint density at radius 1 is 0.768 bits per heavy atom. The zero-order chi connectivity index (χ0) is 40.9. The molecule has 0 saturated carbocycles. The van der Waals surface area contributed by atoms with Gasteiger partial charge in [-0.2, -0.15) is 0 Å². The van der Waals surface area contributed by atoms with Gasteiger partial charge in [-0.1, -0.05) is 74.5 Å². The SMILES string of the molecule is COCCOCCNCCCC[C@@H](NC(=O)[C@@H](CC(C)C)NC(=O)[C@@H](Cc1ccccc1)NC(=O)[C@H](N)Cc1ccccc1)C(=O)N1CCC(N)(C(=O)O)CC1. The van der Waals surface area contributed by atoms with Gasteiger partial charge in [0.15, 0.2) is 0 Å². The van der Waals surface area contributed by atoms with Crippen molar-refractivity contribution < 1.29 is 38.6 Å². The fraction of sp³-hybridized carbons (Fsp3) is 0.585. The summed E-state index contributed by atoms with van der Waals surface area (Å²) in [6, 6.07) is 14.7. The molecule has 1 fully saturated rings. The smallest absolute Gasteiger partial charge is 0.323 e. The molecule has 15 heteroatoms. The average molecular weight is 782 g/mol. The lowest BCUT2D eigenvalue weighted by Gasteiger charge is -2.38. The predicted molar refractivity (Wildman–Crippen MR) is 213 cm³/mol. The molecule has 15 nitrogen and oxygen atoms in total. The van der Waals surface area contributed by atoms with E-state index in [-0.39, 0.29) is 57.0 Å². The fourth-order valence-electron chi connectivity index (χ4n) is 6.48. The third kappa shape index (κ3) is 16.0. The molecular formula is C41H63N7O8. The first kappa shape index (κ1) is 46.0. The second-order valence-electron chi connectivity index (χ2n) is 14.9. The molecular weight excluding hydrogens is 718 g/mol. The van der Waals surface area contributed by atoms with Gasteiger partial charge in [0.25, 0.3) is 0 Å². The highest BCUT2D eigenvalue weighted by molar-refractivity contribution is 5.95. The lowest BCUT2D eigenvalue weighted by Crippen LogP contribution is -2.60. The minimum Gasteiger partial charge on any atom is -0.480 e. The van der Waals surface area contributed by atoms with E-state index in [1.54, 1.807) is 12.0 Å². The Morgan fingerprint density at radius 2 is 1.34 bits per heavy atom. The second kappa shape index (κ2) is 24.3. The number of likely N-dealkylation sites (tertiary alicyclic amines) is 1. The van der Waals surface area contributed by atoms with E-state index in [1.165, 1.54) is 0 Å². The number of carbonyl (C=O) groups excluding carboxylic acids is 4. The molecule has 2 aromatic carbocycles. The van der Waals surface area contributed by atoms with Crippen molar-refractivity contribution in [3.63, 3.8) is 0 Å². The fourth-order valence-corrected chi connectivity index (χ4v) is 6.48. The summed E-state index contributed by atoms with van der Waals surface area (Å²) in [5.41, 5.74) is 12.6. The maximum atomic E-state index is 14.1. The number of ether oxygens (including phenoxy) is 2. The number of rotatable bonds is 25. The van der Waals surface area contributed by atoms with Crippen molar-refractivity contribution in [1.82, 2.24) is 26.2 Å². The number of hydrogen-bond donors (Lipinski definition) is 7. The Morgan fingerprint density at radius 3 is 1.93 bits per heavy atom. The van der Waals surface area contributed by atoms with Crippen LogP contribution in [0.1, 0.15) is 63.5 Å². The Labute approximate surface area is 331 Å². The number of nitrogens with one attached hydrogen (secondary N) is 4. The zero-order valence-electron chi connectivity index (χ0n) is 33.2. The number of unbranched alkanes of at least 4 members (excludes halogenated alkanes) is 1. The van der Waals surface area contributed by atoms with Gasteiger partial charge < -0.3 is 52.2 Å². The van der Waals surface area contributed by atoms with Crippen LogP contribution in [-0.4, -0.2) is 122 Å². The van der Waals surface area contributed by atoms with E-state index in [0.717, 1.165) is 17.5 Å². The summed E-state index contributed by atoms with van der Waals surface area (Å²) in [5.74, 6) is -3.04. The Bertz CT molecular complexity index is 1510. The highest BCUT2D eigenvalue weighted by Gasteiger charge is 2.40. The van der Waals surface area contributed by atoms with E-state index in [9.17, 15) is 29.1 Å². The minimum absolute atomic E-state index is 0.0120. The third-order valence-corrected chi connectivity index (χ3v) is 9.85. The van der Waals surface area contributed by atoms with Crippen LogP contribution in [0.3, 0.4) is 0 Å². The second-order valence-corrected chi connectivity index (χ2v) is 14.9. The molecule has 0 bridgehead atoms. The lowest BCUT2D eigenvalue weighted by molar-refractivity contribution is -0.148. The van der Waals surface area contributed by atoms with Crippen molar-refractivity contribution in [3.05, 3.63) is 71.8 Å². The number of aliphatic carboxylic acids is 1. The van der Waals surface area contributed by atoms with Crippen molar-refractivity contribution in [3.8, 4) is 0 Å². The number of carbonyl (C=O) groups is 5. The van der Waals surface area contributed by atoms with E-state index in [2.05, 4.69) is 21.3 Å². The molecule has 0 aliphatic carbocycles. The number of benzene rings is 2. The molecule has 1 aliphatic rings. The van der Waals surface area contributed by atoms with Crippen molar-refractivity contribution >= 4 is 29.6 Å². The summed E-state index contributed by atoms with van der Waals surface area (Å²) in [4.78, 5) is 68.6. The van der Waals surface area contributed by atoms with E-state index in [4.69, 9.17) is 20.9 Å². The topological polar surface area (TPSA) is 227 Å². The van der Waals surface area contributed by atoms with Crippen LogP contribution in [0.5, 0.6) is 0 Å². The van der Waals surface area contributed by atoms with Crippen LogP contribution in [0.15, 0.2) is 60.7 Å². The van der Waals surface area contributed by atoms with Crippen LogP contribution in [-0.2, 0) is 46.3 Å². The highest BCUT2D eigenvalue weighted by Crippen LogP contribution is 2.21. The molecule has 1 aliphatic heterocycles. The van der Waals surface area contributed by atoms with Gasteiger partial charge in [0.2, 0.25) is 23.6 Å². The maximum Gasteiger partial charge on any atom is 0.323 e. The molecule has 310 valence electrons. The van der Waals surface area contributed by atoms with E-state index in [0.29, 0.717) is 45.8 Å². The largest absolute Gasteiger partial charge is 0.480 e. The summed E-state index contributed by atoms with van der Waals surface area (Å²) >= 11 is 0. The van der Waals surface area contributed by atoms with Crippen molar-refractivity contribution in [2.24, 2.45) is 17.4 Å². The van der Waals surface area contributed by atoms with Crippen LogP contribution in [0.2, 0.25) is 0 Å². The quantitative estimate of drug-likeness (QED) is 0.0707. The molecule has 9 N–H and O–H groups in total. The summed E-state index contributed by atoms with van der Waals surface area (Å²) in [7, 11) is 1.62. The molecule has 56 heavy (non-hydrogen) atoms. The van der Waals surface area contributed by atoms with Crippen LogP contribution in [0, 0.1) is 5.92 Å². The van der Waals surface area contributed by atoms with Gasteiger partial charge in [-0.15, -0.1) is 0 Å². The number of amides is 4. The summed E-state index contributed by atoms with van der Waals surface area (Å²) < 4.78 is 10.5. The summed E-state index contributed by atoms with van der Waals surface area (Å²) in [5, 5.41) is 21.5. The first-order chi connectivity index (χ1) is 26.8. The highest BCUT2D eigenvalue weighted by atomic mass is 16.5. The normalized spacial score (nSPS) is 16.0. The van der Waals surface area contributed by atoms with Gasteiger partial charge in [0, 0.05) is 33.2 Å². The Kier molecular flexibility index (Phi) is 19.9. The molecule has 1 saturated heterocycles. The molecule has 4 amide bonds. The van der Waals surface area contributed by atoms with Gasteiger partial charge in [0.05, 0.1) is 25.9 Å². The van der Waals surface area contributed by atoms with Gasteiger partial charge in [-0.3, -0.25) is 24.0 Å². The molecule has 0 spiro atoms. The van der Waals surface area contributed by atoms with Crippen LogP contribution < -0.4 is 32.7 Å². The van der Waals surface area contributed by atoms with Crippen LogP contribution in [0.4, 0.5) is 0 Å². The molecule has 0 aromatic heterocycles. The Hall–Kier alpha value is -4.41. The van der Waals surface area contributed by atoms with Crippen molar-refractivity contribution in [1.29, 1.82) is 0 Å². The monoisotopic (exact) mass is 781 g/mol. The standard InChI is InChI=1S/C41H63N7O8/c1-29(2)26-34(47-38(51)35(28-31-14-8-5-9-15-31)46-36(49)32(42)27-30-12-6-4-7-13-30)37(50)45-33(16-10-11-19-44-20-23-56-25-24-55-3)39(52)48-21-17-41(43,18-22-48)40(53)54/h4-9,12-15,29,32-35,44H,10-11,16-28,42-43H2,1-3H3,(H,45,50)(H,46,49)(H,47,51)(H,53,54)/t32-,33-,34-,35-/m1/s1. The third-order valence-electron chi connectivity index (χ3n) is 9.85. The van der Waals surface area contributed by atoms with E-state index in [1.807, 2.05) is 74.5 Å². The van der Waals surface area contributed by atoms with Gasteiger partial charge in [-0.05, 0) is 68.5 Å². The van der Waals surface area contributed by atoms with Gasteiger partial charge >= 0.3 is 5.97 Å². The minimum atomic E-state index is -1.42. The van der Waals surface area contributed by atoms with Gasteiger partial charge in [-0.25, -0.2) is 0 Å². The maximum absolute atomic E-state index is 14.1.